The minimum Gasteiger partial charge on any atom is -0.383 e. The van der Waals surface area contributed by atoms with Gasteiger partial charge in [-0.25, -0.2) is 4.98 Å². The minimum atomic E-state index is -4.56. The number of rotatable bonds is 5. The number of aromatic nitrogens is 3. The van der Waals surface area contributed by atoms with Crippen LogP contribution in [0, 0.1) is 11.8 Å². The van der Waals surface area contributed by atoms with Gasteiger partial charge in [-0.1, -0.05) is 0 Å². The van der Waals surface area contributed by atoms with Gasteiger partial charge in [0.15, 0.2) is 6.29 Å². The smallest absolute Gasteiger partial charge is 0.383 e. The van der Waals surface area contributed by atoms with E-state index in [2.05, 4.69) is 15.0 Å². The van der Waals surface area contributed by atoms with Crippen molar-refractivity contribution in [1.29, 1.82) is 0 Å². The topological polar surface area (TPSA) is 78.4 Å². The van der Waals surface area contributed by atoms with E-state index in [4.69, 9.17) is 15.2 Å². The molecule has 0 amide bonds. The summed E-state index contributed by atoms with van der Waals surface area (Å²) in [6.07, 6.45) is -1.11. The molecule has 2 aliphatic carbocycles. The number of nitrogen functional groups attached to an aromatic ring is 1. The van der Waals surface area contributed by atoms with Crippen molar-refractivity contribution in [1.82, 2.24) is 19.7 Å². The molecule has 2 aromatic heterocycles. The van der Waals surface area contributed by atoms with Crippen molar-refractivity contribution in [2.75, 3.05) is 32.5 Å². The number of ether oxygens (including phenoxy) is 2. The zero-order chi connectivity index (χ0) is 23.5. The molecular weight excluding hydrogens is 435 g/mol. The van der Waals surface area contributed by atoms with E-state index in [1.807, 2.05) is 24.6 Å². The van der Waals surface area contributed by atoms with E-state index in [1.54, 1.807) is 7.11 Å². The number of alkyl halides is 3. The SMILES string of the molecule is CO[C@@H]1CN(C2C[C@@H]3C(c4cc(-c5cnc(N)c(C(F)(F)F)c5)nn4C(C)C)[C@@H]3C2)CCO1. The fourth-order valence-corrected chi connectivity index (χ4v) is 5.72. The Balaban J connectivity index is 1.35. The average molecular weight is 466 g/mol. The third-order valence-electron chi connectivity index (χ3n) is 7.38. The summed E-state index contributed by atoms with van der Waals surface area (Å²) in [6.45, 7) is 6.50. The van der Waals surface area contributed by atoms with E-state index >= 15 is 0 Å². The Bertz CT molecular complexity index is 1010. The van der Waals surface area contributed by atoms with E-state index in [-0.39, 0.29) is 12.3 Å². The summed E-state index contributed by atoms with van der Waals surface area (Å²) in [5, 5.41) is 4.68. The average Bonchev–Trinajstić information content (AvgIpc) is 3.13. The van der Waals surface area contributed by atoms with Crippen molar-refractivity contribution in [3.05, 3.63) is 29.6 Å². The van der Waals surface area contributed by atoms with Crippen LogP contribution in [-0.2, 0) is 15.7 Å². The van der Waals surface area contributed by atoms with Crippen LogP contribution in [0.2, 0.25) is 0 Å². The molecule has 3 heterocycles. The van der Waals surface area contributed by atoms with Crippen molar-refractivity contribution >= 4 is 5.82 Å². The monoisotopic (exact) mass is 465 g/mol. The fraction of sp³-hybridized carbons (Fsp3) is 0.652. The van der Waals surface area contributed by atoms with Crippen molar-refractivity contribution in [2.45, 2.75) is 57.2 Å². The number of methoxy groups -OCH3 is 1. The van der Waals surface area contributed by atoms with Gasteiger partial charge in [-0.05, 0) is 50.7 Å². The van der Waals surface area contributed by atoms with E-state index in [0.717, 1.165) is 37.7 Å². The molecule has 1 saturated heterocycles. The number of nitrogens with zero attached hydrogens (tertiary/aromatic N) is 4. The molecule has 2 saturated carbocycles. The molecular formula is C23H30F3N5O2. The molecule has 7 nitrogen and oxygen atoms in total. The van der Waals surface area contributed by atoms with Gasteiger partial charge in [0.25, 0.3) is 0 Å². The van der Waals surface area contributed by atoms with Crippen LogP contribution in [0.25, 0.3) is 11.3 Å². The second-order valence-electron chi connectivity index (χ2n) is 9.66. The molecule has 0 radical (unpaired) electrons. The maximum atomic E-state index is 13.3. The summed E-state index contributed by atoms with van der Waals surface area (Å²) in [5.41, 5.74) is 6.50. The highest BCUT2D eigenvalue weighted by Gasteiger charge is 2.58. The number of fused-ring (bicyclic) bond motifs is 1. The van der Waals surface area contributed by atoms with Crippen LogP contribution in [-0.4, -0.2) is 58.8 Å². The highest BCUT2D eigenvalue weighted by atomic mass is 19.4. The normalized spacial score (nSPS) is 30.1. The Morgan fingerprint density at radius 2 is 1.94 bits per heavy atom. The second kappa shape index (κ2) is 8.25. The Labute approximate surface area is 191 Å². The largest absolute Gasteiger partial charge is 0.419 e. The molecule has 5 atom stereocenters. The summed E-state index contributed by atoms with van der Waals surface area (Å²) in [7, 11) is 1.68. The van der Waals surface area contributed by atoms with Crippen molar-refractivity contribution in [3.8, 4) is 11.3 Å². The highest BCUT2D eigenvalue weighted by Crippen LogP contribution is 2.64. The van der Waals surface area contributed by atoms with Gasteiger partial charge in [-0.3, -0.25) is 9.58 Å². The molecule has 0 spiro atoms. The summed E-state index contributed by atoms with van der Waals surface area (Å²) < 4.78 is 52.9. The molecule has 2 N–H and O–H groups in total. The van der Waals surface area contributed by atoms with Crippen LogP contribution in [0.1, 0.15) is 49.9 Å². The lowest BCUT2D eigenvalue weighted by molar-refractivity contribution is -0.170. The third-order valence-corrected chi connectivity index (χ3v) is 7.38. The zero-order valence-electron chi connectivity index (χ0n) is 19.0. The van der Waals surface area contributed by atoms with E-state index in [1.165, 1.54) is 6.20 Å². The Morgan fingerprint density at radius 1 is 1.21 bits per heavy atom. The van der Waals surface area contributed by atoms with E-state index in [9.17, 15) is 13.2 Å². The number of nitrogens with two attached hydrogens (primary N) is 1. The minimum absolute atomic E-state index is 0.108. The fourth-order valence-electron chi connectivity index (χ4n) is 5.72. The van der Waals surface area contributed by atoms with Crippen LogP contribution in [0.3, 0.4) is 0 Å². The molecule has 180 valence electrons. The lowest BCUT2D eigenvalue weighted by atomic mass is 10.0. The summed E-state index contributed by atoms with van der Waals surface area (Å²) in [6, 6.07) is 3.63. The van der Waals surface area contributed by atoms with Gasteiger partial charge in [0.2, 0.25) is 0 Å². The first-order valence-corrected chi connectivity index (χ1v) is 11.5. The number of anilines is 1. The van der Waals surface area contributed by atoms with Gasteiger partial charge in [0, 0.05) is 55.7 Å². The second-order valence-corrected chi connectivity index (χ2v) is 9.66. The predicted molar refractivity (Wildman–Crippen MR) is 116 cm³/mol. The number of morpholine rings is 1. The number of halogens is 3. The van der Waals surface area contributed by atoms with E-state index < -0.39 is 17.6 Å². The summed E-state index contributed by atoms with van der Waals surface area (Å²) in [5.74, 6) is 1.04. The van der Waals surface area contributed by atoms with E-state index in [0.29, 0.717) is 41.7 Å². The Morgan fingerprint density at radius 3 is 2.58 bits per heavy atom. The Hall–Kier alpha value is -2.17. The first-order valence-electron chi connectivity index (χ1n) is 11.5. The molecule has 0 aromatic carbocycles. The van der Waals surface area contributed by atoms with Crippen LogP contribution >= 0.6 is 0 Å². The van der Waals surface area contributed by atoms with Crippen molar-refractivity contribution in [3.63, 3.8) is 0 Å². The first kappa shape index (κ1) is 22.6. The third kappa shape index (κ3) is 4.13. The van der Waals surface area contributed by atoms with Crippen LogP contribution < -0.4 is 5.73 Å². The standard InChI is InChI=1S/C23H30F3N5O2/c1-12(2)31-19(9-18(29-31)13-6-17(23(24,25)26)22(27)28-10-13)21-15-7-14(8-16(15)21)30-4-5-33-20(11-30)32-3/h6,9-10,12,14-16,20-21H,4-5,7-8,11H2,1-3H3,(H2,27,28)/t14?,15-,16+,20-,21?/m0/s1. The first-order chi connectivity index (χ1) is 15.7. The van der Waals surface area contributed by atoms with Crippen LogP contribution in [0.5, 0.6) is 0 Å². The van der Waals surface area contributed by atoms with Gasteiger partial charge in [0.05, 0.1) is 17.9 Å². The van der Waals surface area contributed by atoms with Crippen molar-refractivity contribution < 1.29 is 22.6 Å². The van der Waals surface area contributed by atoms with Gasteiger partial charge in [-0.15, -0.1) is 0 Å². The van der Waals surface area contributed by atoms with Crippen LogP contribution in [0.4, 0.5) is 19.0 Å². The van der Waals surface area contributed by atoms with Gasteiger partial charge in [0.1, 0.15) is 5.82 Å². The molecule has 1 aliphatic heterocycles. The van der Waals surface area contributed by atoms with Gasteiger partial charge < -0.3 is 15.2 Å². The summed E-state index contributed by atoms with van der Waals surface area (Å²) in [4.78, 5) is 6.26. The highest BCUT2D eigenvalue weighted by molar-refractivity contribution is 5.63. The molecule has 10 heteroatoms. The van der Waals surface area contributed by atoms with Gasteiger partial charge >= 0.3 is 6.18 Å². The molecule has 5 rings (SSSR count). The maximum absolute atomic E-state index is 13.3. The number of pyridine rings is 1. The molecule has 0 bridgehead atoms. The lowest BCUT2D eigenvalue weighted by Crippen LogP contribution is -2.48. The lowest BCUT2D eigenvalue weighted by Gasteiger charge is -2.37. The summed E-state index contributed by atoms with van der Waals surface area (Å²) >= 11 is 0. The van der Waals surface area contributed by atoms with Gasteiger partial charge in [-0.2, -0.15) is 18.3 Å². The molecule has 2 unspecified atom stereocenters. The quantitative estimate of drug-likeness (QED) is 0.721. The molecule has 3 fully saturated rings. The number of hydrogen-bond donors (Lipinski definition) is 1. The molecule has 33 heavy (non-hydrogen) atoms. The molecule has 2 aromatic rings. The predicted octanol–water partition coefficient (Wildman–Crippen LogP) is 3.92. The maximum Gasteiger partial charge on any atom is 0.419 e. The zero-order valence-corrected chi connectivity index (χ0v) is 19.0. The Kier molecular flexibility index (Phi) is 5.65. The van der Waals surface area contributed by atoms with Crippen LogP contribution in [0.15, 0.2) is 18.3 Å². The number of hydrogen-bond acceptors (Lipinski definition) is 6. The molecule has 3 aliphatic rings. The van der Waals surface area contributed by atoms with Crippen molar-refractivity contribution in [2.24, 2.45) is 11.8 Å².